The summed E-state index contributed by atoms with van der Waals surface area (Å²) in [5.41, 5.74) is 1.95. The largest absolute Gasteiger partial charge is 0.499 e. The first kappa shape index (κ1) is 18.6. The maximum atomic E-state index is 11.8. The molecule has 0 saturated carbocycles. The Morgan fingerprint density at radius 1 is 1.24 bits per heavy atom. The van der Waals surface area contributed by atoms with E-state index in [1.807, 2.05) is 13.0 Å². The predicted molar refractivity (Wildman–Crippen MR) is 98.6 cm³/mol. The van der Waals surface area contributed by atoms with E-state index < -0.39 is 11.4 Å². The molecule has 1 N–H and O–H groups in total. The van der Waals surface area contributed by atoms with Gasteiger partial charge in [-0.1, -0.05) is 23.3 Å². The minimum atomic E-state index is -0.833. The molecule has 25 heavy (non-hydrogen) atoms. The lowest BCUT2D eigenvalue weighted by atomic mass is 10.1. The van der Waals surface area contributed by atoms with Crippen molar-refractivity contribution in [2.24, 2.45) is 0 Å². The van der Waals surface area contributed by atoms with E-state index in [1.165, 1.54) is 18.3 Å². The third kappa shape index (κ3) is 4.66. The molecule has 2 rings (SSSR count). The standard InChI is InChI=1S/C20H24O5/c1-13(2)7-5-8-14(3)11-12-24-19-17-15(23-4)9-6-10-16(17)25-20(22)18(19)21/h6-7,9-11,21H,5,8,12H2,1-4H3. The van der Waals surface area contributed by atoms with Gasteiger partial charge >= 0.3 is 5.63 Å². The maximum Gasteiger partial charge on any atom is 0.382 e. The quantitative estimate of drug-likeness (QED) is 0.588. The van der Waals surface area contributed by atoms with Gasteiger partial charge in [0.15, 0.2) is 5.75 Å². The molecule has 5 heteroatoms. The van der Waals surface area contributed by atoms with E-state index in [-0.39, 0.29) is 12.4 Å². The number of hydrogen-bond acceptors (Lipinski definition) is 5. The van der Waals surface area contributed by atoms with E-state index in [0.29, 0.717) is 16.7 Å². The number of methoxy groups -OCH3 is 1. The van der Waals surface area contributed by atoms with Gasteiger partial charge in [-0.3, -0.25) is 0 Å². The van der Waals surface area contributed by atoms with Crippen LogP contribution in [0.3, 0.4) is 0 Å². The van der Waals surface area contributed by atoms with Gasteiger partial charge in [-0.05, 0) is 51.8 Å². The monoisotopic (exact) mass is 344 g/mol. The van der Waals surface area contributed by atoms with E-state index in [0.717, 1.165) is 12.8 Å². The zero-order valence-electron chi connectivity index (χ0n) is 15.1. The van der Waals surface area contributed by atoms with Crippen molar-refractivity contribution in [2.45, 2.75) is 33.6 Å². The number of ether oxygens (including phenoxy) is 2. The minimum Gasteiger partial charge on any atom is -0.499 e. The topological polar surface area (TPSA) is 68.9 Å². The van der Waals surface area contributed by atoms with Gasteiger partial charge in [-0.2, -0.15) is 0 Å². The summed E-state index contributed by atoms with van der Waals surface area (Å²) in [7, 11) is 1.51. The zero-order chi connectivity index (χ0) is 18.4. The number of rotatable bonds is 7. The third-order valence-electron chi connectivity index (χ3n) is 3.80. The van der Waals surface area contributed by atoms with E-state index in [4.69, 9.17) is 13.9 Å². The second kappa shape index (κ2) is 8.42. The van der Waals surface area contributed by atoms with Crippen LogP contribution < -0.4 is 15.1 Å². The van der Waals surface area contributed by atoms with E-state index in [2.05, 4.69) is 19.9 Å². The highest BCUT2D eigenvalue weighted by Crippen LogP contribution is 2.38. The first-order valence-corrected chi connectivity index (χ1v) is 8.18. The molecule has 1 aromatic carbocycles. The van der Waals surface area contributed by atoms with Crippen LogP contribution >= 0.6 is 0 Å². The van der Waals surface area contributed by atoms with Crippen LogP contribution in [0.15, 0.2) is 50.7 Å². The SMILES string of the molecule is COc1cccc2oc(=O)c(O)c(OCC=C(C)CCC=C(C)C)c12. The molecule has 0 fully saturated rings. The number of hydrogen-bond donors (Lipinski definition) is 1. The molecule has 0 atom stereocenters. The van der Waals surface area contributed by atoms with Gasteiger partial charge < -0.3 is 19.0 Å². The molecule has 0 aliphatic heterocycles. The van der Waals surface area contributed by atoms with Crippen molar-refractivity contribution < 1.29 is 19.0 Å². The highest BCUT2D eigenvalue weighted by atomic mass is 16.5. The molecular weight excluding hydrogens is 320 g/mol. The van der Waals surface area contributed by atoms with Gasteiger partial charge in [0.1, 0.15) is 23.3 Å². The fourth-order valence-corrected chi connectivity index (χ4v) is 2.45. The number of aromatic hydroxyl groups is 1. The maximum absolute atomic E-state index is 11.8. The van der Waals surface area contributed by atoms with Crippen LogP contribution in [0.25, 0.3) is 11.0 Å². The summed E-state index contributed by atoms with van der Waals surface area (Å²) >= 11 is 0. The van der Waals surface area contributed by atoms with Gasteiger partial charge in [0.05, 0.1) is 7.11 Å². The van der Waals surface area contributed by atoms with Crippen molar-refractivity contribution in [3.8, 4) is 17.2 Å². The Kier molecular flexibility index (Phi) is 6.28. The third-order valence-corrected chi connectivity index (χ3v) is 3.80. The Hall–Kier alpha value is -2.69. The lowest BCUT2D eigenvalue weighted by molar-refractivity contribution is 0.325. The molecule has 0 saturated heterocycles. The molecule has 2 aromatic rings. The Morgan fingerprint density at radius 2 is 2.00 bits per heavy atom. The van der Waals surface area contributed by atoms with Gasteiger partial charge in [0.2, 0.25) is 5.75 Å². The van der Waals surface area contributed by atoms with E-state index >= 15 is 0 Å². The molecule has 1 aromatic heterocycles. The Morgan fingerprint density at radius 3 is 2.68 bits per heavy atom. The van der Waals surface area contributed by atoms with Crippen LogP contribution in [-0.4, -0.2) is 18.8 Å². The smallest absolute Gasteiger partial charge is 0.382 e. The minimum absolute atomic E-state index is 0.0806. The van der Waals surface area contributed by atoms with E-state index in [9.17, 15) is 9.90 Å². The van der Waals surface area contributed by atoms with Crippen LogP contribution in [0, 0.1) is 0 Å². The van der Waals surface area contributed by atoms with Gasteiger partial charge in [-0.15, -0.1) is 0 Å². The molecule has 1 heterocycles. The van der Waals surface area contributed by atoms with Gasteiger partial charge in [0, 0.05) is 0 Å². The first-order chi connectivity index (χ1) is 11.9. The summed E-state index contributed by atoms with van der Waals surface area (Å²) in [5, 5.41) is 10.5. The average molecular weight is 344 g/mol. The van der Waals surface area contributed by atoms with E-state index in [1.54, 1.807) is 18.2 Å². The van der Waals surface area contributed by atoms with Crippen molar-refractivity contribution in [3.63, 3.8) is 0 Å². The van der Waals surface area contributed by atoms with Crippen molar-refractivity contribution >= 4 is 11.0 Å². The summed E-state index contributed by atoms with van der Waals surface area (Å²) in [4.78, 5) is 11.8. The molecule has 134 valence electrons. The van der Waals surface area contributed by atoms with Crippen LogP contribution in [0.4, 0.5) is 0 Å². The highest BCUT2D eigenvalue weighted by molar-refractivity contribution is 5.91. The van der Waals surface area contributed by atoms with Gasteiger partial charge in [-0.25, -0.2) is 4.79 Å². The number of allylic oxidation sites excluding steroid dienone is 3. The fourth-order valence-electron chi connectivity index (χ4n) is 2.45. The Balaban J connectivity index is 2.24. The number of benzene rings is 1. The zero-order valence-corrected chi connectivity index (χ0v) is 15.1. The molecule has 0 bridgehead atoms. The van der Waals surface area contributed by atoms with Crippen molar-refractivity contribution in [3.05, 3.63) is 51.9 Å². The summed E-state index contributed by atoms with van der Waals surface area (Å²) < 4.78 is 16.1. The number of fused-ring (bicyclic) bond motifs is 1. The molecule has 0 aliphatic carbocycles. The fraction of sp³-hybridized carbons (Fsp3) is 0.350. The molecule has 0 spiro atoms. The van der Waals surface area contributed by atoms with Gasteiger partial charge in [0.25, 0.3) is 0 Å². The molecule has 5 nitrogen and oxygen atoms in total. The summed E-state index contributed by atoms with van der Waals surface area (Å²) in [6.45, 7) is 6.42. The molecule has 0 aliphatic rings. The Labute approximate surface area is 147 Å². The van der Waals surface area contributed by atoms with Crippen LogP contribution in [-0.2, 0) is 0 Å². The average Bonchev–Trinajstić information content (AvgIpc) is 2.57. The summed E-state index contributed by atoms with van der Waals surface area (Å²) in [6, 6.07) is 5.05. The predicted octanol–water partition coefficient (Wildman–Crippen LogP) is 4.58. The van der Waals surface area contributed by atoms with Crippen LogP contribution in [0.1, 0.15) is 33.6 Å². The lowest BCUT2D eigenvalue weighted by Gasteiger charge is -2.11. The van der Waals surface area contributed by atoms with Crippen molar-refractivity contribution in [1.82, 2.24) is 0 Å². The molecular formula is C20H24O5. The molecule has 0 unspecified atom stereocenters. The normalized spacial score (nSPS) is 11.4. The first-order valence-electron chi connectivity index (χ1n) is 8.18. The van der Waals surface area contributed by atoms with Crippen LogP contribution in [0.5, 0.6) is 17.2 Å². The van der Waals surface area contributed by atoms with Crippen molar-refractivity contribution in [1.29, 1.82) is 0 Å². The molecule has 0 amide bonds. The second-order valence-corrected chi connectivity index (χ2v) is 6.08. The highest BCUT2D eigenvalue weighted by Gasteiger charge is 2.18. The Bertz CT molecular complexity index is 854. The van der Waals surface area contributed by atoms with Crippen LogP contribution in [0.2, 0.25) is 0 Å². The second-order valence-electron chi connectivity index (χ2n) is 6.08. The van der Waals surface area contributed by atoms with Crippen molar-refractivity contribution in [2.75, 3.05) is 13.7 Å². The summed E-state index contributed by atoms with van der Waals surface area (Å²) in [6.07, 6.45) is 6.03. The lowest BCUT2D eigenvalue weighted by Crippen LogP contribution is -2.04. The summed E-state index contributed by atoms with van der Waals surface area (Å²) in [5.74, 6) is 0.000419. The molecule has 0 radical (unpaired) electrons.